The Morgan fingerprint density at radius 1 is 1.03 bits per heavy atom. The monoisotopic (exact) mass is 449 g/mol. The van der Waals surface area contributed by atoms with E-state index in [2.05, 4.69) is 37.6 Å². The lowest BCUT2D eigenvalue weighted by Gasteiger charge is -2.14. The molecule has 0 aliphatic heterocycles. The molecule has 0 atom stereocenters. The van der Waals surface area contributed by atoms with Gasteiger partial charge in [0.25, 0.3) is 0 Å². The van der Waals surface area contributed by atoms with E-state index in [1.54, 1.807) is 12.3 Å². The molecule has 0 fully saturated rings. The van der Waals surface area contributed by atoms with Gasteiger partial charge in [0.15, 0.2) is 5.82 Å². The summed E-state index contributed by atoms with van der Waals surface area (Å²) in [4.78, 5) is 8.73. The summed E-state index contributed by atoms with van der Waals surface area (Å²) in [6.45, 7) is 0. The molecule has 0 bridgehead atoms. The Morgan fingerprint density at radius 2 is 1.91 bits per heavy atom. The fraction of sp³-hybridized carbons (Fsp3) is 0.125. The number of nitrogens with zero attached hydrogens (tertiary/aromatic N) is 3. The first kappa shape index (κ1) is 20.7. The fourth-order valence-electron chi connectivity index (χ4n) is 3.59. The summed E-state index contributed by atoms with van der Waals surface area (Å²) >= 11 is 0. The number of H-pyrrole nitrogens is 1. The third-order valence-electron chi connectivity index (χ3n) is 5.16. The van der Waals surface area contributed by atoms with Crippen molar-refractivity contribution in [3.05, 3.63) is 83.6 Å². The summed E-state index contributed by atoms with van der Waals surface area (Å²) < 4.78 is 44.9. The van der Waals surface area contributed by atoms with E-state index < -0.39 is 11.7 Å². The number of halogens is 3. The molecule has 2 aromatic carbocycles. The number of benzene rings is 2. The highest BCUT2D eigenvalue weighted by Crippen LogP contribution is 2.33. The first-order valence-electron chi connectivity index (χ1n) is 10.2. The van der Waals surface area contributed by atoms with Gasteiger partial charge in [0.1, 0.15) is 5.75 Å². The van der Waals surface area contributed by atoms with Gasteiger partial charge in [-0.3, -0.25) is 5.10 Å². The Bertz CT molecular complexity index is 1330. The van der Waals surface area contributed by atoms with Gasteiger partial charge in [-0.15, -0.1) is 5.10 Å². The van der Waals surface area contributed by atoms with Crippen LogP contribution in [0, 0.1) is 0 Å². The quantitative estimate of drug-likeness (QED) is 0.370. The van der Waals surface area contributed by atoms with Gasteiger partial charge in [-0.05, 0) is 54.8 Å². The molecule has 4 aromatic rings. The van der Waals surface area contributed by atoms with Crippen LogP contribution < -0.4 is 10.1 Å². The highest BCUT2D eigenvalue weighted by atomic mass is 19.4. The van der Waals surface area contributed by atoms with Gasteiger partial charge in [-0.1, -0.05) is 30.4 Å². The van der Waals surface area contributed by atoms with Crippen molar-refractivity contribution in [2.75, 3.05) is 5.32 Å². The highest BCUT2D eigenvalue weighted by Gasteiger charge is 2.30. The minimum absolute atomic E-state index is 0.154. The maximum Gasteiger partial charge on any atom is 0.416 e. The van der Waals surface area contributed by atoms with Crippen LogP contribution in [0.3, 0.4) is 0 Å². The molecule has 1 aliphatic rings. The van der Waals surface area contributed by atoms with E-state index in [4.69, 9.17) is 4.74 Å². The van der Waals surface area contributed by atoms with Crippen LogP contribution in [0.1, 0.15) is 23.1 Å². The fourth-order valence-corrected chi connectivity index (χ4v) is 3.59. The standard InChI is InChI=1S/C24H18F3N5O/c25-24(26,27)17-7-4-8-18(14-17)29-23-30-21(31-32-23)16-6-3-9-19(13-16)33-22-20-10-2-1-5-15(20)11-12-28-22/h1,3-9,11-14H,2,10H2,(H2,29,30,31,32). The number of alkyl halides is 3. The number of hydrogen-bond acceptors (Lipinski definition) is 5. The largest absolute Gasteiger partial charge is 0.439 e. The topological polar surface area (TPSA) is 75.7 Å². The van der Waals surface area contributed by atoms with Gasteiger partial charge in [-0.25, -0.2) is 4.98 Å². The normalized spacial score (nSPS) is 12.9. The molecule has 5 rings (SSSR count). The lowest BCUT2D eigenvalue weighted by Crippen LogP contribution is -2.05. The summed E-state index contributed by atoms with van der Waals surface area (Å²) in [5.41, 5.74) is 2.36. The third-order valence-corrected chi connectivity index (χ3v) is 5.16. The van der Waals surface area contributed by atoms with E-state index in [1.807, 2.05) is 24.3 Å². The number of pyridine rings is 1. The van der Waals surface area contributed by atoms with E-state index in [-0.39, 0.29) is 11.6 Å². The molecule has 0 saturated carbocycles. The average molecular weight is 449 g/mol. The minimum atomic E-state index is -4.43. The number of nitrogens with one attached hydrogen (secondary N) is 2. The first-order valence-corrected chi connectivity index (χ1v) is 10.2. The van der Waals surface area contributed by atoms with Crippen LogP contribution in [0.2, 0.25) is 0 Å². The molecular formula is C24H18F3N5O. The number of rotatable bonds is 5. The average Bonchev–Trinajstić information content (AvgIpc) is 3.28. The van der Waals surface area contributed by atoms with E-state index in [0.717, 1.165) is 36.1 Å². The van der Waals surface area contributed by atoms with Crippen LogP contribution in [0.5, 0.6) is 11.6 Å². The molecule has 0 saturated heterocycles. The molecule has 2 aromatic heterocycles. The van der Waals surface area contributed by atoms with Crippen molar-refractivity contribution < 1.29 is 17.9 Å². The predicted molar refractivity (Wildman–Crippen MR) is 118 cm³/mol. The van der Waals surface area contributed by atoms with Crippen LogP contribution in [0.15, 0.2) is 66.9 Å². The Kier molecular flexibility index (Phi) is 5.29. The third kappa shape index (κ3) is 4.57. The molecule has 0 unspecified atom stereocenters. The molecule has 0 radical (unpaired) electrons. The van der Waals surface area contributed by atoms with Gasteiger partial charge in [-0.2, -0.15) is 18.2 Å². The summed E-state index contributed by atoms with van der Waals surface area (Å²) in [6.07, 6.45) is 3.29. The van der Waals surface area contributed by atoms with Crippen LogP contribution in [0.25, 0.3) is 17.5 Å². The van der Waals surface area contributed by atoms with Crippen molar-refractivity contribution in [3.63, 3.8) is 0 Å². The van der Waals surface area contributed by atoms with Crippen molar-refractivity contribution in [3.8, 4) is 23.0 Å². The molecule has 166 valence electrons. The smallest absolute Gasteiger partial charge is 0.416 e. The van der Waals surface area contributed by atoms with Crippen molar-refractivity contribution in [2.45, 2.75) is 19.0 Å². The number of fused-ring (bicyclic) bond motifs is 1. The van der Waals surface area contributed by atoms with Crippen molar-refractivity contribution in [1.29, 1.82) is 0 Å². The zero-order chi connectivity index (χ0) is 22.8. The van der Waals surface area contributed by atoms with Crippen LogP contribution in [-0.4, -0.2) is 20.2 Å². The van der Waals surface area contributed by atoms with E-state index in [9.17, 15) is 13.2 Å². The van der Waals surface area contributed by atoms with Crippen LogP contribution >= 0.6 is 0 Å². The molecule has 0 spiro atoms. The number of aromatic nitrogens is 4. The lowest BCUT2D eigenvalue weighted by atomic mass is 9.99. The number of anilines is 2. The second-order valence-corrected chi connectivity index (χ2v) is 7.47. The SMILES string of the molecule is FC(F)(F)c1cccc(Nc2n[nH]c(-c3cccc(Oc4nccc5c4CCC=C5)c3)n2)c1. The summed E-state index contributed by atoms with van der Waals surface area (Å²) in [6, 6.07) is 14.1. The molecule has 6 nitrogen and oxygen atoms in total. The number of aromatic amines is 1. The van der Waals surface area contributed by atoms with Crippen LogP contribution in [-0.2, 0) is 12.6 Å². The molecule has 2 heterocycles. The number of hydrogen-bond donors (Lipinski definition) is 2. The summed E-state index contributed by atoms with van der Waals surface area (Å²) in [5, 5.41) is 9.66. The van der Waals surface area contributed by atoms with Gasteiger partial charge in [0.2, 0.25) is 11.8 Å². The molecular weight excluding hydrogens is 431 g/mol. The maximum atomic E-state index is 12.9. The molecule has 2 N–H and O–H groups in total. The van der Waals surface area contributed by atoms with Gasteiger partial charge in [0.05, 0.1) is 5.56 Å². The molecule has 0 amide bonds. The Balaban J connectivity index is 1.35. The highest BCUT2D eigenvalue weighted by molar-refractivity contribution is 5.62. The van der Waals surface area contributed by atoms with Crippen molar-refractivity contribution in [2.24, 2.45) is 0 Å². The second kappa shape index (κ2) is 8.42. The van der Waals surface area contributed by atoms with Gasteiger partial charge in [0, 0.05) is 23.0 Å². The van der Waals surface area contributed by atoms with Crippen molar-refractivity contribution in [1.82, 2.24) is 20.2 Å². The maximum absolute atomic E-state index is 12.9. The van der Waals surface area contributed by atoms with E-state index >= 15 is 0 Å². The van der Waals surface area contributed by atoms with Gasteiger partial charge >= 0.3 is 6.18 Å². The minimum Gasteiger partial charge on any atom is -0.439 e. The van der Waals surface area contributed by atoms with Crippen molar-refractivity contribution >= 4 is 17.7 Å². The zero-order valence-electron chi connectivity index (χ0n) is 17.2. The summed E-state index contributed by atoms with van der Waals surface area (Å²) in [5.74, 6) is 1.76. The Labute approximate surface area is 187 Å². The Hall–Kier alpha value is -4.14. The van der Waals surface area contributed by atoms with E-state index in [1.165, 1.54) is 12.1 Å². The van der Waals surface area contributed by atoms with Gasteiger partial charge < -0.3 is 10.1 Å². The number of allylic oxidation sites excluding steroid dienone is 1. The number of ether oxygens (including phenoxy) is 1. The predicted octanol–water partition coefficient (Wildman–Crippen LogP) is 6.38. The second-order valence-electron chi connectivity index (χ2n) is 7.47. The van der Waals surface area contributed by atoms with E-state index in [0.29, 0.717) is 23.0 Å². The first-order chi connectivity index (χ1) is 16.0. The molecule has 1 aliphatic carbocycles. The van der Waals surface area contributed by atoms with Crippen LogP contribution in [0.4, 0.5) is 24.8 Å². The zero-order valence-corrected chi connectivity index (χ0v) is 17.2. The lowest BCUT2D eigenvalue weighted by molar-refractivity contribution is -0.137. The molecule has 33 heavy (non-hydrogen) atoms. The Morgan fingerprint density at radius 3 is 2.79 bits per heavy atom. The molecule has 9 heteroatoms. The summed E-state index contributed by atoms with van der Waals surface area (Å²) in [7, 11) is 0.